The van der Waals surface area contributed by atoms with E-state index in [1.54, 1.807) is 0 Å². The molecular weight excluding hydrogens is 180 g/mol. The van der Waals surface area contributed by atoms with Crippen LogP contribution < -0.4 is 0 Å². The maximum Gasteiger partial charge on any atom is 0.0628 e. The van der Waals surface area contributed by atoms with Gasteiger partial charge in [-0.3, -0.25) is 0 Å². The first-order valence-corrected chi connectivity index (χ1v) is 5.62. The van der Waals surface area contributed by atoms with Gasteiger partial charge < -0.3 is 14.6 Å². The summed E-state index contributed by atoms with van der Waals surface area (Å²) in [6, 6.07) is 0. The second-order valence-electron chi connectivity index (χ2n) is 4.73. The van der Waals surface area contributed by atoms with Crippen molar-refractivity contribution >= 4 is 0 Å². The Balaban J connectivity index is 1.74. The van der Waals surface area contributed by atoms with Crippen molar-refractivity contribution < 1.29 is 14.6 Å². The first-order chi connectivity index (χ1) is 6.63. The first-order valence-electron chi connectivity index (χ1n) is 5.62. The average Bonchev–Trinajstić information content (AvgIpc) is 1.99. The van der Waals surface area contributed by atoms with Gasteiger partial charge in [0.1, 0.15) is 0 Å². The second kappa shape index (κ2) is 4.17. The van der Waals surface area contributed by atoms with Crippen LogP contribution in [0.3, 0.4) is 0 Å². The molecule has 3 heteroatoms. The molecule has 3 nitrogen and oxygen atoms in total. The smallest absolute Gasteiger partial charge is 0.0628 e. The van der Waals surface area contributed by atoms with Gasteiger partial charge in [0, 0.05) is 0 Å². The van der Waals surface area contributed by atoms with Crippen LogP contribution in [0.5, 0.6) is 0 Å². The van der Waals surface area contributed by atoms with Crippen LogP contribution >= 0.6 is 0 Å². The van der Waals surface area contributed by atoms with Gasteiger partial charge in [-0.05, 0) is 39.5 Å². The molecule has 2 fully saturated rings. The van der Waals surface area contributed by atoms with Crippen LogP contribution in [0.4, 0.5) is 0 Å². The molecule has 1 saturated carbocycles. The summed E-state index contributed by atoms with van der Waals surface area (Å²) in [5.74, 6) is 0. The molecule has 0 radical (unpaired) electrons. The lowest BCUT2D eigenvalue weighted by atomic mass is 9.91. The average molecular weight is 200 g/mol. The molecule has 1 heterocycles. The Morgan fingerprint density at radius 1 is 1.00 bits per heavy atom. The van der Waals surface area contributed by atoms with Crippen LogP contribution in [0.25, 0.3) is 0 Å². The zero-order chi connectivity index (χ0) is 10.1. The molecule has 82 valence electrons. The Bertz CT molecular complexity index is 179. The Hall–Kier alpha value is -0.120. The fourth-order valence-electron chi connectivity index (χ4n) is 2.38. The topological polar surface area (TPSA) is 38.7 Å². The summed E-state index contributed by atoms with van der Waals surface area (Å²) < 4.78 is 11.5. The van der Waals surface area contributed by atoms with E-state index in [-0.39, 0.29) is 6.10 Å². The molecule has 2 aliphatic rings. The summed E-state index contributed by atoms with van der Waals surface area (Å²) in [4.78, 5) is 0. The molecule has 1 N–H and O–H groups in total. The Kier molecular flexibility index (Phi) is 3.10. The quantitative estimate of drug-likeness (QED) is 0.734. The van der Waals surface area contributed by atoms with Crippen molar-refractivity contribution in [2.24, 2.45) is 0 Å². The molecule has 0 aromatic rings. The number of hydrogen-bond acceptors (Lipinski definition) is 3. The Morgan fingerprint density at radius 3 is 2.00 bits per heavy atom. The van der Waals surface area contributed by atoms with E-state index in [0.717, 1.165) is 25.7 Å². The highest BCUT2D eigenvalue weighted by molar-refractivity contribution is 4.82. The van der Waals surface area contributed by atoms with Crippen molar-refractivity contribution in [3.63, 3.8) is 0 Å². The van der Waals surface area contributed by atoms with E-state index >= 15 is 0 Å². The number of rotatable bonds is 2. The van der Waals surface area contributed by atoms with Crippen molar-refractivity contribution in [3.8, 4) is 0 Å². The number of hydrogen-bond donors (Lipinski definition) is 1. The molecule has 0 bridgehead atoms. The highest BCUT2D eigenvalue weighted by Gasteiger charge is 2.33. The van der Waals surface area contributed by atoms with Gasteiger partial charge in [0.15, 0.2) is 0 Å². The largest absolute Gasteiger partial charge is 0.393 e. The van der Waals surface area contributed by atoms with E-state index in [2.05, 4.69) is 13.8 Å². The zero-order valence-corrected chi connectivity index (χ0v) is 8.98. The minimum Gasteiger partial charge on any atom is -0.393 e. The third-order valence-corrected chi connectivity index (χ3v) is 3.11. The van der Waals surface area contributed by atoms with Gasteiger partial charge in [0.2, 0.25) is 0 Å². The first kappa shape index (κ1) is 10.4. The number of aliphatic hydroxyl groups is 1. The fraction of sp³-hybridized carbons (Fsp3) is 1.00. The zero-order valence-electron chi connectivity index (χ0n) is 8.98. The van der Waals surface area contributed by atoms with Gasteiger partial charge in [-0.2, -0.15) is 0 Å². The molecule has 2 rings (SSSR count). The summed E-state index contributed by atoms with van der Waals surface area (Å²) in [7, 11) is 0. The third-order valence-electron chi connectivity index (χ3n) is 3.11. The molecule has 2 unspecified atom stereocenters. The molecule has 1 saturated heterocycles. The van der Waals surface area contributed by atoms with Gasteiger partial charge in [-0.1, -0.05) is 0 Å². The number of ether oxygens (including phenoxy) is 2. The lowest BCUT2D eigenvalue weighted by Crippen LogP contribution is -2.42. The maximum absolute atomic E-state index is 9.15. The van der Waals surface area contributed by atoms with Gasteiger partial charge >= 0.3 is 0 Å². The highest BCUT2D eigenvalue weighted by atomic mass is 16.5. The molecule has 1 aliphatic heterocycles. The normalized spacial score (nSPS) is 48.6. The fourth-order valence-corrected chi connectivity index (χ4v) is 2.38. The molecule has 0 spiro atoms. The summed E-state index contributed by atoms with van der Waals surface area (Å²) in [5, 5.41) is 9.15. The molecule has 2 atom stereocenters. The van der Waals surface area contributed by atoms with Crippen molar-refractivity contribution in [2.45, 2.75) is 70.1 Å². The lowest BCUT2D eigenvalue weighted by Gasteiger charge is -2.38. The minimum atomic E-state index is -0.116. The molecule has 0 aromatic heterocycles. The highest BCUT2D eigenvalue weighted by Crippen LogP contribution is 2.29. The lowest BCUT2D eigenvalue weighted by molar-refractivity contribution is -0.155. The van der Waals surface area contributed by atoms with Crippen molar-refractivity contribution in [2.75, 3.05) is 0 Å². The van der Waals surface area contributed by atoms with E-state index in [1.165, 1.54) is 0 Å². The Morgan fingerprint density at radius 2 is 1.50 bits per heavy atom. The van der Waals surface area contributed by atoms with Crippen molar-refractivity contribution in [1.82, 2.24) is 0 Å². The predicted molar refractivity (Wildman–Crippen MR) is 53.1 cm³/mol. The van der Waals surface area contributed by atoms with Crippen LogP contribution in [0.1, 0.15) is 39.5 Å². The van der Waals surface area contributed by atoms with Crippen LogP contribution in [0.2, 0.25) is 0 Å². The van der Waals surface area contributed by atoms with Crippen molar-refractivity contribution in [3.05, 3.63) is 0 Å². The van der Waals surface area contributed by atoms with E-state index in [9.17, 15) is 0 Å². The Labute approximate surface area is 85.4 Å². The second-order valence-corrected chi connectivity index (χ2v) is 4.73. The van der Waals surface area contributed by atoms with Gasteiger partial charge in [0.25, 0.3) is 0 Å². The summed E-state index contributed by atoms with van der Waals surface area (Å²) >= 11 is 0. The minimum absolute atomic E-state index is 0.116. The SMILES string of the molecule is CC1CC(OC2CC(O)C2)CC(C)O1. The van der Waals surface area contributed by atoms with Gasteiger partial charge in [-0.15, -0.1) is 0 Å². The molecular formula is C11H20O3. The predicted octanol–water partition coefficient (Wildman–Crippen LogP) is 1.48. The molecule has 14 heavy (non-hydrogen) atoms. The summed E-state index contributed by atoms with van der Waals surface area (Å²) in [6.07, 6.45) is 4.78. The molecule has 1 aliphatic carbocycles. The molecule has 0 amide bonds. The third kappa shape index (κ3) is 2.47. The summed E-state index contributed by atoms with van der Waals surface area (Å²) in [5.41, 5.74) is 0. The van der Waals surface area contributed by atoms with Crippen LogP contribution in [-0.2, 0) is 9.47 Å². The standard InChI is InChI=1S/C11H20O3/c1-7-3-10(4-8(2)13-7)14-11-5-9(12)6-11/h7-12H,3-6H2,1-2H3. The van der Waals surface area contributed by atoms with Crippen LogP contribution in [0, 0.1) is 0 Å². The van der Waals surface area contributed by atoms with Crippen LogP contribution in [0.15, 0.2) is 0 Å². The number of aliphatic hydroxyl groups excluding tert-OH is 1. The monoisotopic (exact) mass is 200 g/mol. The van der Waals surface area contributed by atoms with Crippen LogP contribution in [-0.4, -0.2) is 35.6 Å². The van der Waals surface area contributed by atoms with E-state index in [1.807, 2.05) is 0 Å². The van der Waals surface area contributed by atoms with Gasteiger partial charge in [0.05, 0.1) is 30.5 Å². The van der Waals surface area contributed by atoms with Crippen molar-refractivity contribution in [1.29, 1.82) is 0 Å². The maximum atomic E-state index is 9.15. The van der Waals surface area contributed by atoms with Gasteiger partial charge in [-0.25, -0.2) is 0 Å². The van der Waals surface area contributed by atoms with E-state index in [4.69, 9.17) is 14.6 Å². The van der Waals surface area contributed by atoms with E-state index < -0.39 is 0 Å². The molecule has 0 aromatic carbocycles. The summed E-state index contributed by atoms with van der Waals surface area (Å²) in [6.45, 7) is 4.20. The van der Waals surface area contributed by atoms with E-state index in [0.29, 0.717) is 24.4 Å².